The van der Waals surface area contributed by atoms with Gasteiger partial charge in [0, 0.05) is 37.8 Å². The lowest BCUT2D eigenvalue weighted by Crippen LogP contribution is -2.28. The van der Waals surface area contributed by atoms with Gasteiger partial charge in [0.1, 0.15) is 5.82 Å². The highest BCUT2D eigenvalue weighted by Crippen LogP contribution is 2.33. The number of benzene rings is 1. The minimum Gasteiger partial charge on any atom is -0.493 e. The van der Waals surface area contributed by atoms with Crippen LogP contribution in [0, 0.1) is 0 Å². The van der Waals surface area contributed by atoms with Crippen LogP contribution in [0.3, 0.4) is 0 Å². The fourth-order valence-corrected chi connectivity index (χ4v) is 2.86. The number of hydrogen-bond acceptors (Lipinski definition) is 5. The standard InChI is InChI=1S/C18H23N3O2/c1-3-17-19-9-8-15(20-17)13-21-10-5-11-23-18-14(12-21)6-4-7-16(18)22-2/h4,6-9H,3,5,10-13H2,1-2H3. The summed E-state index contributed by atoms with van der Waals surface area (Å²) in [6, 6.07) is 8.07. The number of methoxy groups -OCH3 is 1. The third-order valence-electron chi connectivity index (χ3n) is 4.00. The Bertz CT molecular complexity index is 660. The van der Waals surface area contributed by atoms with Crippen LogP contribution in [0.25, 0.3) is 0 Å². The molecule has 0 saturated heterocycles. The van der Waals surface area contributed by atoms with Crippen molar-refractivity contribution in [3.63, 3.8) is 0 Å². The molecule has 2 aromatic rings. The molecule has 5 nitrogen and oxygen atoms in total. The van der Waals surface area contributed by atoms with E-state index >= 15 is 0 Å². The lowest BCUT2D eigenvalue weighted by molar-refractivity contribution is 0.193. The number of fused-ring (bicyclic) bond motifs is 1. The third kappa shape index (κ3) is 3.79. The second kappa shape index (κ2) is 7.42. The minimum absolute atomic E-state index is 0.702. The molecule has 1 aromatic carbocycles. The van der Waals surface area contributed by atoms with Crippen LogP contribution in [0.4, 0.5) is 0 Å². The first-order valence-corrected chi connectivity index (χ1v) is 8.12. The molecule has 1 aromatic heterocycles. The Morgan fingerprint density at radius 1 is 1.30 bits per heavy atom. The van der Waals surface area contributed by atoms with E-state index < -0.39 is 0 Å². The molecule has 1 aliphatic rings. The molecule has 0 atom stereocenters. The molecule has 23 heavy (non-hydrogen) atoms. The van der Waals surface area contributed by atoms with Gasteiger partial charge in [-0.25, -0.2) is 9.97 Å². The van der Waals surface area contributed by atoms with Crippen LogP contribution in [-0.2, 0) is 19.5 Å². The van der Waals surface area contributed by atoms with E-state index in [1.165, 1.54) is 0 Å². The van der Waals surface area contributed by atoms with E-state index in [4.69, 9.17) is 9.47 Å². The summed E-state index contributed by atoms with van der Waals surface area (Å²) in [5, 5.41) is 0. The Labute approximate surface area is 137 Å². The number of aryl methyl sites for hydroxylation is 1. The molecule has 0 fully saturated rings. The monoisotopic (exact) mass is 313 g/mol. The van der Waals surface area contributed by atoms with Crippen molar-refractivity contribution in [2.75, 3.05) is 20.3 Å². The van der Waals surface area contributed by atoms with Crippen LogP contribution < -0.4 is 9.47 Å². The lowest BCUT2D eigenvalue weighted by atomic mass is 10.1. The van der Waals surface area contributed by atoms with Crippen molar-refractivity contribution in [1.82, 2.24) is 14.9 Å². The molecule has 122 valence electrons. The zero-order valence-electron chi connectivity index (χ0n) is 13.8. The van der Waals surface area contributed by atoms with Gasteiger partial charge in [-0.05, 0) is 18.6 Å². The highest BCUT2D eigenvalue weighted by atomic mass is 16.5. The highest BCUT2D eigenvalue weighted by Gasteiger charge is 2.17. The molecule has 0 spiro atoms. The number of nitrogens with zero attached hydrogens (tertiary/aromatic N) is 3. The second-order valence-corrected chi connectivity index (χ2v) is 5.68. The molecular formula is C18H23N3O2. The molecule has 0 N–H and O–H groups in total. The highest BCUT2D eigenvalue weighted by molar-refractivity contribution is 5.46. The number of para-hydroxylation sites is 1. The van der Waals surface area contributed by atoms with Crippen LogP contribution in [0.5, 0.6) is 11.5 Å². The predicted octanol–water partition coefficient (Wildman–Crippen LogP) is 2.83. The van der Waals surface area contributed by atoms with E-state index in [1.54, 1.807) is 7.11 Å². The van der Waals surface area contributed by atoms with Crippen LogP contribution in [0.2, 0.25) is 0 Å². The number of ether oxygens (including phenoxy) is 2. The fraction of sp³-hybridized carbons (Fsp3) is 0.444. The van der Waals surface area contributed by atoms with Crippen molar-refractivity contribution in [2.45, 2.75) is 32.9 Å². The van der Waals surface area contributed by atoms with Gasteiger partial charge in [-0.1, -0.05) is 19.1 Å². The number of rotatable bonds is 4. The first-order chi connectivity index (χ1) is 11.3. The van der Waals surface area contributed by atoms with Crippen molar-refractivity contribution in [3.8, 4) is 11.5 Å². The smallest absolute Gasteiger partial charge is 0.165 e. The molecule has 1 aliphatic heterocycles. The molecule has 0 amide bonds. The normalized spacial score (nSPS) is 15.2. The minimum atomic E-state index is 0.702. The maximum atomic E-state index is 5.91. The summed E-state index contributed by atoms with van der Waals surface area (Å²) in [5.41, 5.74) is 2.23. The van der Waals surface area contributed by atoms with Gasteiger partial charge in [0.2, 0.25) is 0 Å². The fourth-order valence-electron chi connectivity index (χ4n) is 2.86. The molecule has 0 saturated carbocycles. The van der Waals surface area contributed by atoms with Gasteiger partial charge in [0.15, 0.2) is 11.5 Å². The van der Waals surface area contributed by atoms with Gasteiger partial charge in [-0.3, -0.25) is 4.90 Å². The molecule has 2 heterocycles. The van der Waals surface area contributed by atoms with E-state index in [0.717, 1.165) is 61.1 Å². The lowest BCUT2D eigenvalue weighted by Gasteiger charge is -2.26. The second-order valence-electron chi connectivity index (χ2n) is 5.68. The first-order valence-electron chi connectivity index (χ1n) is 8.12. The molecule has 0 aliphatic carbocycles. The van der Waals surface area contributed by atoms with E-state index in [-0.39, 0.29) is 0 Å². The van der Waals surface area contributed by atoms with E-state index in [0.29, 0.717) is 6.61 Å². The first kappa shape index (κ1) is 15.7. The largest absolute Gasteiger partial charge is 0.493 e. The summed E-state index contributed by atoms with van der Waals surface area (Å²) in [7, 11) is 1.68. The van der Waals surface area contributed by atoms with Gasteiger partial charge >= 0.3 is 0 Å². The molecule has 3 rings (SSSR count). The van der Waals surface area contributed by atoms with Crippen LogP contribution >= 0.6 is 0 Å². The summed E-state index contributed by atoms with van der Waals surface area (Å²) in [6.45, 7) is 5.43. The van der Waals surface area contributed by atoms with Gasteiger partial charge < -0.3 is 9.47 Å². The molecule has 0 unspecified atom stereocenters. The van der Waals surface area contributed by atoms with Gasteiger partial charge in [-0.2, -0.15) is 0 Å². The number of aromatic nitrogens is 2. The van der Waals surface area contributed by atoms with Gasteiger partial charge in [0.05, 0.1) is 19.4 Å². The number of hydrogen-bond donors (Lipinski definition) is 0. The third-order valence-corrected chi connectivity index (χ3v) is 4.00. The summed E-state index contributed by atoms with van der Waals surface area (Å²) in [4.78, 5) is 11.3. The zero-order valence-corrected chi connectivity index (χ0v) is 13.8. The Hall–Kier alpha value is -2.14. The van der Waals surface area contributed by atoms with Crippen molar-refractivity contribution < 1.29 is 9.47 Å². The predicted molar refractivity (Wildman–Crippen MR) is 88.6 cm³/mol. The Kier molecular flexibility index (Phi) is 5.08. The molecule has 0 radical (unpaired) electrons. The molecular weight excluding hydrogens is 290 g/mol. The van der Waals surface area contributed by atoms with Crippen molar-refractivity contribution in [1.29, 1.82) is 0 Å². The van der Waals surface area contributed by atoms with Crippen molar-refractivity contribution in [3.05, 3.63) is 47.5 Å². The van der Waals surface area contributed by atoms with Crippen molar-refractivity contribution in [2.24, 2.45) is 0 Å². The molecule has 0 bridgehead atoms. The Morgan fingerprint density at radius 2 is 2.22 bits per heavy atom. The summed E-state index contributed by atoms with van der Waals surface area (Å²) in [5.74, 6) is 2.58. The average Bonchev–Trinajstić information content (AvgIpc) is 2.57. The van der Waals surface area contributed by atoms with Crippen LogP contribution in [0.15, 0.2) is 30.5 Å². The molecule has 5 heteroatoms. The van der Waals surface area contributed by atoms with Gasteiger partial charge in [-0.15, -0.1) is 0 Å². The van der Waals surface area contributed by atoms with Gasteiger partial charge in [0.25, 0.3) is 0 Å². The topological polar surface area (TPSA) is 47.5 Å². The Morgan fingerprint density at radius 3 is 3.04 bits per heavy atom. The van der Waals surface area contributed by atoms with E-state index in [2.05, 4.69) is 27.9 Å². The van der Waals surface area contributed by atoms with Crippen molar-refractivity contribution >= 4 is 0 Å². The maximum absolute atomic E-state index is 5.91. The van der Waals surface area contributed by atoms with E-state index in [1.807, 2.05) is 24.4 Å². The summed E-state index contributed by atoms with van der Waals surface area (Å²) in [6.07, 6.45) is 3.70. The Balaban J connectivity index is 1.80. The van der Waals surface area contributed by atoms with E-state index in [9.17, 15) is 0 Å². The zero-order chi connectivity index (χ0) is 16.1. The summed E-state index contributed by atoms with van der Waals surface area (Å²) < 4.78 is 11.3. The SMILES string of the molecule is CCc1nccc(CN2CCCOc3c(cccc3OC)C2)n1. The van der Waals surface area contributed by atoms with Crippen LogP contribution in [0.1, 0.15) is 30.4 Å². The maximum Gasteiger partial charge on any atom is 0.165 e. The van der Waals surface area contributed by atoms with Crippen LogP contribution in [-0.4, -0.2) is 35.1 Å². The quantitative estimate of drug-likeness (QED) is 0.868. The summed E-state index contributed by atoms with van der Waals surface area (Å²) >= 11 is 0. The average molecular weight is 313 g/mol.